The summed E-state index contributed by atoms with van der Waals surface area (Å²) in [6.07, 6.45) is 3.97. The first-order chi connectivity index (χ1) is 14.4. The van der Waals surface area contributed by atoms with E-state index in [9.17, 15) is 0 Å². The molecule has 0 aliphatic heterocycles. The Morgan fingerprint density at radius 3 is 2.28 bits per heavy atom. The molecule has 0 radical (unpaired) electrons. The van der Waals surface area contributed by atoms with Gasteiger partial charge >= 0.3 is 0 Å². The summed E-state index contributed by atoms with van der Waals surface area (Å²) < 4.78 is 8.19. The Labute approximate surface area is 171 Å². The predicted molar refractivity (Wildman–Crippen MR) is 118 cm³/mol. The molecule has 3 aromatic carbocycles. The number of aliphatic hydroxyl groups is 1. The van der Waals surface area contributed by atoms with Gasteiger partial charge in [0, 0.05) is 23.9 Å². The van der Waals surface area contributed by atoms with Gasteiger partial charge in [-0.25, -0.2) is 4.98 Å². The number of unbranched alkanes of at least 4 members (excludes halogenated alkanes) is 3. The minimum atomic E-state index is 0.269. The topological polar surface area (TPSA) is 47.3 Å². The summed E-state index contributed by atoms with van der Waals surface area (Å²) >= 11 is 0. The third-order valence-electron chi connectivity index (χ3n) is 4.99. The molecule has 0 spiro atoms. The molecule has 0 unspecified atom stereocenters. The van der Waals surface area contributed by atoms with Crippen LogP contribution in [0.15, 0.2) is 78.9 Å². The molecular weight excluding hydrogens is 360 g/mol. The third-order valence-corrected chi connectivity index (χ3v) is 4.99. The molecule has 4 rings (SSSR count). The number of benzene rings is 3. The Hall–Kier alpha value is -3.11. The third kappa shape index (κ3) is 4.49. The van der Waals surface area contributed by atoms with Crippen molar-refractivity contribution in [1.29, 1.82) is 0 Å². The molecule has 0 fully saturated rings. The monoisotopic (exact) mass is 386 g/mol. The minimum Gasteiger partial charge on any atom is -0.494 e. The standard InChI is InChI=1S/C25H26N2O2/c28-17-9-1-2-10-18-29-22-15-16-23-24(19-22)27(21-13-7-4-8-14-21)25(26-23)20-11-5-3-6-12-20/h3-8,11-16,19,28H,1-2,9-10,17-18H2. The molecule has 0 saturated heterocycles. The second-order valence-corrected chi connectivity index (χ2v) is 7.11. The van der Waals surface area contributed by atoms with E-state index < -0.39 is 0 Å². The maximum Gasteiger partial charge on any atom is 0.145 e. The molecule has 0 aliphatic carbocycles. The number of hydrogen-bond acceptors (Lipinski definition) is 3. The van der Waals surface area contributed by atoms with Crippen molar-refractivity contribution < 1.29 is 9.84 Å². The molecule has 0 bridgehead atoms. The molecule has 1 aromatic heterocycles. The first kappa shape index (κ1) is 19.2. The van der Waals surface area contributed by atoms with Crippen molar-refractivity contribution in [2.75, 3.05) is 13.2 Å². The summed E-state index contributed by atoms with van der Waals surface area (Å²) in [6, 6.07) is 26.7. The van der Waals surface area contributed by atoms with E-state index in [0.717, 1.165) is 59.5 Å². The molecule has 0 amide bonds. The van der Waals surface area contributed by atoms with Crippen LogP contribution in [0.3, 0.4) is 0 Å². The van der Waals surface area contributed by atoms with Crippen molar-refractivity contribution in [3.05, 3.63) is 78.9 Å². The van der Waals surface area contributed by atoms with Gasteiger partial charge in [0.15, 0.2) is 0 Å². The number of aliphatic hydroxyl groups excluding tert-OH is 1. The van der Waals surface area contributed by atoms with Crippen molar-refractivity contribution in [2.45, 2.75) is 25.7 Å². The molecule has 4 heteroatoms. The van der Waals surface area contributed by atoms with Crippen LogP contribution in [0.25, 0.3) is 28.1 Å². The molecule has 0 saturated carbocycles. The van der Waals surface area contributed by atoms with Gasteiger partial charge in [0.25, 0.3) is 0 Å². The summed E-state index contributed by atoms with van der Waals surface area (Å²) in [6.45, 7) is 0.951. The Kier molecular flexibility index (Phi) is 6.22. The van der Waals surface area contributed by atoms with Gasteiger partial charge in [0.05, 0.1) is 17.6 Å². The quantitative estimate of drug-likeness (QED) is 0.380. The van der Waals surface area contributed by atoms with Gasteiger partial charge in [0.1, 0.15) is 11.6 Å². The van der Waals surface area contributed by atoms with Gasteiger partial charge in [-0.3, -0.25) is 4.57 Å². The van der Waals surface area contributed by atoms with Gasteiger partial charge < -0.3 is 9.84 Å². The summed E-state index contributed by atoms with van der Waals surface area (Å²) in [7, 11) is 0. The lowest BCUT2D eigenvalue weighted by Gasteiger charge is -2.10. The van der Waals surface area contributed by atoms with Crippen molar-refractivity contribution in [1.82, 2.24) is 9.55 Å². The molecule has 148 valence electrons. The summed E-state index contributed by atoms with van der Waals surface area (Å²) in [5.74, 6) is 1.78. The van der Waals surface area contributed by atoms with E-state index in [2.05, 4.69) is 34.9 Å². The van der Waals surface area contributed by atoms with E-state index in [1.54, 1.807) is 0 Å². The Morgan fingerprint density at radius 2 is 1.52 bits per heavy atom. The van der Waals surface area contributed by atoms with E-state index in [1.165, 1.54) is 0 Å². The van der Waals surface area contributed by atoms with E-state index in [1.807, 2.05) is 48.5 Å². The van der Waals surface area contributed by atoms with Crippen LogP contribution in [0.2, 0.25) is 0 Å². The predicted octanol–water partition coefficient (Wildman–Crippen LogP) is 5.62. The molecule has 0 atom stereocenters. The number of imidazole rings is 1. The number of rotatable bonds is 9. The maximum absolute atomic E-state index is 8.87. The highest BCUT2D eigenvalue weighted by Gasteiger charge is 2.14. The van der Waals surface area contributed by atoms with Crippen LogP contribution in [0.1, 0.15) is 25.7 Å². The number of ether oxygens (including phenoxy) is 1. The smallest absolute Gasteiger partial charge is 0.145 e. The Bertz CT molecular complexity index is 1040. The summed E-state index contributed by atoms with van der Waals surface area (Å²) in [5.41, 5.74) is 4.14. The lowest BCUT2D eigenvalue weighted by atomic mass is 10.2. The zero-order chi connectivity index (χ0) is 19.9. The number of fused-ring (bicyclic) bond motifs is 1. The van der Waals surface area contributed by atoms with E-state index in [-0.39, 0.29) is 6.61 Å². The number of aromatic nitrogens is 2. The van der Waals surface area contributed by atoms with Gasteiger partial charge in [-0.05, 0) is 43.5 Å². The first-order valence-electron chi connectivity index (χ1n) is 10.2. The van der Waals surface area contributed by atoms with Crippen molar-refractivity contribution in [3.63, 3.8) is 0 Å². The van der Waals surface area contributed by atoms with Gasteiger partial charge in [-0.1, -0.05) is 55.0 Å². The minimum absolute atomic E-state index is 0.269. The second-order valence-electron chi connectivity index (χ2n) is 7.11. The van der Waals surface area contributed by atoms with Crippen LogP contribution in [-0.2, 0) is 0 Å². The average molecular weight is 386 g/mol. The summed E-state index contributed by atoms with van der Waals surface area (Å²) in [5, 5.41) is 8.87. The van der Waals surface area contributed by atoms with Crippen LogP contribution in [0, 0.1) is 0 Å². The van der Waals surface area contributed by atoms with E-state index in [4.69, 9.17) is 14.8 Å². The van der Waals surface area contributed by atoms with Crippen LogP contribution >= 0.6 is 0 Å². The lowest BCUT2D eigenvalue weighted by molar-refractivity contribution is 0.273. The van der Waals surface area contributed by atoms with Crippen LogP contribution in [-0.4, -0.2) is 27.9 Å². The molecule has 4 aromatic rings. The van der Waals surface area contributed by atoms with Gasteiger partial charge in [-0.15, -0.1) is 0 Å². The Balaban J connectivity index is 1.66. The van der Waals surface area contributed by atoms with Crippen molar-refractivity contribution in [2.24, 2.45) is 0 Å². The van der Waals surface area contributed by atoms with Gasteiger partial charge in [0.2, 0.25) is 0 Å². The highest BCUT2D eigenvalue weighted by Crippen LogP contribution is 2.30. The highest BCUT2D eigenvalue weighted by atomic mass is 16.5. The second kappa shape index (κ2) is 9.39. The van der Waals surface area contributed by atoms with Crippen LogP contribution < -0.4 is 4.74 Å². The molecule has 29 heavy (non-hydrogen) atoms. The SMILES string of the molecule is OCCCCCCOc1ccc2nc(-c3ccccc3)n(-c3ccccc3)c2c1. The van der Waals surface area contributed by atoms with E-state index >= 15 is 0 Å². The molecule has 1 N–H and O–H groups in total. The van der Waals surface area contributed by atoms with Crippen LogP contribution in [0.4, 0.5) is 0 Å². The number of nitrogens with zero attached hydrogens (tertiary/aromatic N) is 2. The molecule has 0 aliphatic rings. The van der Waals surface area contributed by atoms with Crippen molar-refractivity contribution in [3.8, 4) is 22.8 Å². The molecule has 4 nitrogen and oxygen atoms in total. The van der Waals surface area contributed by atoms with Crippen molar-refractivity contribution >= 4 is 11.0 Å². The number of para-hydroxylation sites is 1. The first-order valence-corrected chi connectivity index (χ1v) is 10.2. The molecular formula is C25H26N2O2. The van der Waals surface area contributed by atoms with E-state index in [0.29, 0.717) is 6.61 Å². The summed E-state index contributed by atoms with van der Waals surface area (Å²) in [4.78, 5) is 4.91. The highest BCUT2D eigenvalue weighted by molar-refractivity contribution is 5.84. The fourth-order valence-corrected chi connectivity index (χ4v) is 3.52. The molecule has 1 heterocycles. The largest absolute Gasteiger partial charge is 0.494 e. The lowest BCUT2D eigenvalue weighted by Crippen LogP contribution is -1.99. The fourth-order valence-electron chi connectivity index (χ4n) is 3.52. The number of hydrogen-bond donors (Lipinski definition) is 1. The maximum atomic E-state index is 8.87. The zero-order valence-corrected chi connectivity index (χ0v) is 16.5. The fraction of sp³-hybridized carbons (Fsp3) is 0.240. The average Bonchev–Trinajstić information content (AvgIpc) is 3.16. The normalized spacial score (nSPS) is 11.1. The van der Waals surface area contributed by atoms with Crippen LogP contribution in [0.5, 0.6) is 5.75 Å². The Morgan fingerprint density at radius 1 is 0.793 bits per heavy atom. The zero-order valence-electron chi connectivity index (χ0n) is 16.5. The van der Waals surface area contributed by atoms with Gasteiger partial charge in [-0.2, -0.15) is 0 Å².